The fraction of sp³-hybridized carbons (Fsp3) is 0.364. The lowest BCUT2D eigenvalue weighted by Gasteiger charge is -2.20. The van der Waals surface area contributed by atoms with Crippen LogP contribution in [0.1, 0.15) is 32.8 Å². The van der Waals surface area contributed by atoms with Gasteiger partial charge in [0.15, 0.2) is 0 Å². The molecule has 0 saturated carbocycles. The summed E-state index contributed by atoms with van der Waals surface area (Å²) in [5, 5.41) is 2.84. The van der Waals surface area contributed by atoms with E-state index >= 15 is 0 Å². The van der Waals surface area contributed by atoms with Crippen molar-refractivity contribution in [3.8, 4) is 5.75 Å². The van der Waals surface area contributed by atoms with E-state index in [1.54, 1.807) is 30.1 Å². The number of nitrogens with two attached hydrogens (primary N) is 1. The molecule has 0 aliphatic rings. The number of carbonyl (C=O) groups excluding carboxylic acids is 2. The number of anilines is 3. The molecule has 6 nitrogen and oxygen atoms in total. The van der Waals surface area contributed by atoms with Crippen molar-refractivity contribution in [2.45, 2.75) is 33.6 Å². The van der Waals surface area contributed by atoms with Crippen LogP contribution in [-0.2, 0) is 16.0 Å². The van der Waals surface area contributed by atoms with E-state index in [1.807, 2.05) is 45.0 Å². The average Bonchev–Trinajstić information content (AvgIpc) is 2.64. The zero-order chi connectivity index (χ0) is 20.7. The van der Waals surface area contributed by atoms with E-state index in [2.05, 4.69) is 5.32 Å². The van der Waals surface area contributed by atoms with Crippen LogP contribution in [-0.4, -0.2) is 25.5 Å². The van der Waals surface area contributed by atoms with E-state index in [1.165, 1.54) is 0 Å². The molecule has 28 heavy (non-hydrogen) atoms. The fourth-order valence-corrected chi connectivity index (χ4v) is 2.74. The molecule has 0 radical (unpaired) electrons. The number of nitrogens with zero attached hydrogens (tertiary/aromatic N) is 1. The second-order valence-corrected chi connectivity index (χ2v) is 7.12. The van der Waals surface area contributed by atoms with Gasteiger partial charge in [-0.2, -0.15) is 0 Å². The number of hydrogen-bond acceptors (Lipinski definition) is 4. The van der Waals surface area contributed by atoms with Gasteiger partial charge in [-0.05, 0) is 48.7 Å². The van der Waals surface area contributed by atoms with E-state index < -0.39 is 0 Å². The Morgan fingerprint density at radius 1 is 1.14 bits per heavy atom. The molecule has 2 rings (SSSR count). The SMILES string of the molecule is CCOc1ccc(CC(=O)Nc2cc(N(C)C(=O)CC(C)C)ccc2N)cc1. The maximum Gasteiger partial charge on any atom is 0.228 e. The number of carbonyl (C=O) groups is 2. The molecule has 0 aromatic heterocycles. The highest BCUT2D eigenvalue weighted by Gasteiger charge is 2.15. The summed E-state index contributed by atoms with van der Waals surface area (Å²) in [6.07, 6.45) is 0.679. The minimum Gasteiger partial charge on any atom is -0.494 e. The predicted molar refractivity (Wildman–Crippen MR) is 114 cm³/mol. The summed E-state index contributed by atoms with van der Waals surface area (Å²) in [6, 6.07) is 12.6. The van der Waals surface area contributed by atoms with Crippen molar-refractivity contribution in [2.24, 2.45) is 5.92 Å². The molecule has 0 aliphatic carbocycles. The highest BCUT2D eigenvalue weighted by molar-refractivity contribution is 5.98. The van der Waals surface area contributed by atoms with Crippen molar-refractivity contribution >= 4 is 28.9 Å². The number of amides is 2. The third kappa shape index (κ3) is 6.01. The van der Waals surface area contributed by atoms with Crippen LogP contribution >= 0.6 is 0 Å². The zero-order valence-corrected chi connectivity index (χ0v) is 17.0. The summed E-state index contributed by atoms with van der Waals surface area (Å²) in [7, 11) is 1.72. The Kier molecular flexibility index (Phi) is 7.44. The molecule has 6 heteroatoms. The van der Waals surface area contributed by atoms with Crippen LogP contribution in [0.15, 0.2) is 42.5 Å². The van der Waals surface area contributed by atoms with Crippen LogP contribution < -0.4 is 20.7 Å². The molecule has 2 aromatic rings. The van der Waals surface area contributed by atoms with Crippen molar-refractivity contribution in [3.63, 3.8) is 0 Å². The van der Waals surface area contributed by atoms with Gasteiger partial charge in [-0.25, -0.2) is 0 Å². The predicted octanol–water partition coefficient (Wildman–Crippen LogP) is 3.86. The lowest BCUT2D eigenvalue weighted by molar-refractivity contribution is -0.119. The Hall–Kier alpha value is -3.02. The van der Waals surface area contributed by atoms with Gasteiger partial charge in [0.05, 0.1) is 24.4 Å². The molecule has 0 heterocycles. The van der Waals surface area contributed by atoms with Gasteiger partial charge in [0, 0.05) is 19.2 Å². The number of benzene rings is 2. The largest absolute Gasteiger partial charge is 0.494 e. The first-order valence-electron chi connectivity index (χ1n) is 9.47. The fourth-order valence-electron chi connectivity index (χ4n) is 2.74. The summed E-state index contributed by atoms with van der Waals surface area (Å²) in [6.45, 7) is 6.53. The summed E-state index contributed by atoms with van der Waals surface area (Å²) in [4.78, 5) is 26.3. The molecule has 0 unspecified atom stereocenters. The average molecular weight is 383 g/mol. The normalized spacial score (nSPS) is 10.6. The monoisotopic (exact) mass is 383 g/mol. The van der Waals surface area contributed by atoms with Gasteiger partial charge in [-0.1, -0.05) is 26.0 Å². The summed E-state index contributed by atoms with van der Waals surface area (Å²) in [5.41, 5.74) is 8.52. The number of rotatable bonds is 8. The molecule has 2 aromatic carbocycles. The quantitative estimate of drug-likeness (QED) is 0.678. The third-order valence-electron chi connectivity index (χ3n) is 4.25. The molecule has 0 saturated heterocycles. The standard InChI is InChI=1S/C22H29N3O3/c1-5-28-18-9-6-16(7-10-18)13-21(26)24-20-14-17(8-11-19(20)23)25(4)22(27)12-15(2)3/h6-11,14-15H,5,12-13,23H2,1-4H3,(H,24,26). The minimum absolute atomic E-state index is 0.0198. The third-order valence-corrected chi connectivity index (χ3v) is 4.25. The molecule has 0 bridgehead atoms. The molecule has 3 N–H and O–H groups in total. The summed E-state index contributed by atoms with van der Waals surface area (Å²) < 4.78 is 5.41. The Morgan fingerprint density at radius 2 is 1.82 bits per heavy atom. The zero-order valence-electron chi connectivity index (χ0n) is 17.0. The first-order chi connectivity index (χ1) is 13.3. The Bertz CT molecular complexity index is 816. The number of nitrogen functional groups attached to an aromatic ring is 1. The highest BCUT2D eigenvalue weighted by atomic mass is 16.5. The molecule has 0 spiro atoms. The molecule has 2 amide bonds. The van der Waals surface area contributed by atoms with Crippen LogP contribution in [0.25, 0.3) is 0 Å². The first kappa shape index (κ1) is 21.3. The van der Waals surface area contributed by atoms with Crippen molar-refractivity contribution in [2.75, 3.05) is 29.6 Å². The van der Waals surface area contributed by atoms with Crippen LogP contribution in [0.2, 0.25) is 0 Å². The summed E-state index contributed by atoms with van der Waals surface area (Å²) >= 11 is 0. The van der Waals surface area contributed by atoms with Gasteiger partial charge < -0.3 is 20.7 Å². The van der Waals surface area contributed by atoms with E-state index in [-0.39, 0.29) is 24.2 Å². The molecular weight excluding hydrogens is 354 g/mol. The maximum absolute atomic E-state index is 12.4. The highest BCUT2D eigenvalue weighted by Crippen LogP contribution is 2.26. The minimum atomic E-state index is -0.177. The topological polar surface area (TPSA) is 84.7 Å². The Balaban J connectivity index is 2.06. The molecule has 0 aliphatic heterocycles. The van der Waals surface area contributed by atoms with Crippen LogP contribution in [0.4, 0.5) is 17.1 Å². The Morgan fingerprint density at radius 3 is 2.43 bits per heavy atom. The number of nitrogens with one attached hydrogen (secondary N) is 1. The second-order valence-electron chi connectivity index (χ2n) is 7.12. The van der Waals surface area contributed by atoms with Crippen molar-refractivity contribution in [1.82, 2.24) is 0 Å². The van der Waals surface area contributed by atoms with Crippen molar-refractivity contribution in [3.05, 3.63) is 48.0 Å². The number of hydrogen-bond donors (Lipinski definition) is 2. The molecule has 0 fully saturated rings. The van der Waals surface area contributed by atoms with Crippen LogP contribution in [0, 0.1) is 5.92 Å². The van der Waals surface area contributed by atoms with Crippen LogP contribution in [0.3, 0.4) is 0 Å². The van der Waals surface area contributed by atoms with Crippen LogP contribution in [0.5, 0.6) is 5.75 Å². The van der Waals surface area contributed by atoms with E-state index in [0.717, 1.165) is 11.3 Å². The van der Waals surface area contributed by atoms with E-state index in [9.17, 15) is 9.59 Å². The number of ether oxygens (including phenoxy) is 1. The first-order valence-corrected chi connectivity index (χ1v) is 9.47. The summed E-state index contributed by atoms with van der Waals surface area (Å²) in [5.74, 6) is 0.894. The smallest absolute Gasteiger partial charge is 0.228 e. The van der Waals surface area contributed by atoms with Gasteiger partial charge in [0.25, 0.3) is 0 Å². The maximum atomic E-state index is 12.4. The molecular formula is C22H29N3O3. The molecule has 150 valence electrons. The van der Waals surface area contributed by atoms with E-state index in [0.29, 0.717) is 30.1 Å². The lowest BCUT2D eigenvalue weighted by Crippen LogP contribution is -2.27. The van der Waals surface area contributed by atoms with Crippen molar-refractivity contribution < 1.29 is 14.3 Å². The van der Waals surface area contributed by atoms with Gasteiger partial charge in [-0.3, -0.25) is 9.59 Å². The van der Waals surface area contributed by atoms with Gasteiger partial charge in [-0.15, -0.1) is 0 Å². The molecule has 0 atom stereocenters. The van der Waals surface area contributed by atoms with Crippen molar-refractivity contribution in [1.29, 1.82) is 0 Å². The lowest BCUT2D eigenvalue weighted by atomic mass is 10.1. The van der Waals surface area contributed by atoms with Gasteiger partial charge in [0.2, 0.25) is 11.8 Å². The van der Waals surface area contributed by atoms with Gasteiger partial charge >= 0.3 is 0 Å². The second kappa shape index (κ2) is 9.78. The van der Waals surface area contributed by atoms with E-state index in [4.69, 9.17) is 10.5 Å². The van der Waals surface area contributed by atoms with Gasteiger partial charge in [0.1, 0.15) is 5.75 Å². The Labute approximate surface area is 166 Å².